The van der Waals surface area contributed by atoms with Crippen LogP contribution in [0.2, 0.25) is 0 Å². The van der Waals surface area contributed by atoms with Crippen LogP contribution in [0.3, 0.4) is 0 Å². The molecule has 0 bridgehead atoms. The van der Waals surface area contributed by atoms with Crippen LogP contribution in [0.1, 0.15) is 24.4 Å². The highest BCUT2D eigenvalue weighted by molar-refractivity contribution is 5.73. The SMILES string of the molecule is Cc1cc(OC(F)(F)F)ncc1Nc1ncc2c(n1)n(C1CCOCC1)c(=O)n2C. The number of hydrogen-bond donors (Lipinski definition) is 1. The molecule has 1 fully saturated rings. The first kappa shape index (κ1) is 20.1. The molecule has 4 rings (SSSR count). The van der Waals surface area contributed by atoms with Gasteiger partial charge in [0.2, 0.25) is 11.8 Å². The highest BCUT2D eigenvalue weighted by atomic mass is 19.4. The van der Waals surface area contributed by atoms with Gasteiger partial charge in [0.1, 0.15) is 5.52 Å². The minimum absolute atomic E-state index is 0.0279. The Labute approximate surface area is 168 Å². The molecule has 1 aliphatic rings. The summed E-state index contributed by atoms with van der Waals surface area (Å²) in [5.74, 6) is -0.360. The van der Waals surface area contributed by atoms with Gasteiger partial charge in [0.15, 0.2) is 5.65 Å². The molecule has 0 aliphatic carbocycles. The van der Waals surface area contributed by atoms with Gasteiger partial charge in [-0.1, -0.05) is 0 Å². The van der Waals surface area contributed by atoms with Gasteiger partial charge in [-0.25, -0.2) is 14.8 Å². The number of anilines is 2. The first-order valence-corrected chi connectivity index (χ1v) is 9.24. The van der Waals surface area contributed by atoms with E-state index in [4.69, 9.17) is 4.74 Å². The highest BCUT2D eigenvalue weighted by Gasteiger charge is 2.32. The molecule has 12 heteroatoms. The van der Waals surface area contributed by atoms with Crippen molar-refractivity contribution in [3.8, 4) is 5.88 Å². The maximum absolute atomic E-state index is 12.7. The fourth-order valence-electron chi connectivity index (χ4n) is 3.42. The van der Waals surface area contributed by atoms with Gasteiger partial charge in [-0.15, -0.1) is 13.2 Å². The zero-order chi connectivity index (χ0) is 21.5. The van der Waals surface area contributed by atoms with Crippen LogP contribution >= 0.6 is 0 Å². The number of imidazole rings is 1. The van der Waals surface area contributed by atoms with E-state index in [2.05, 4.69) is 25.0 Å². The molecule has 0 saturated carbocycles. The summed E-state index contributed by atoms with van der Waals surface area (Å²) in [7, 11) is 1.66. The number of alkyl halides is 3. The average Bonchev–Trinajstić information content (AvgIpc) is 2.93. The second-order valence-corrected chi connectivity index (χ2v) is 6.97. The third-order valence-electron chi connectivity index (χ3n) is 4.94. The van der Waals surface area contributed by atoms with Crippen LogP contribution in [-0.2, 0) is 11.8 Å². The van der Waals surface area contributed by atoms with E-state index in [-0.39, 0.29) is 17.7 Å². The van der Waals surface area contributed by atoms with Gasteiger partial charge >= 0.3 is 12.1 Å². The predicted octanol–water partition coefficient (Wildman–Crippen LogP) is 2.83. The largest absolute Gasteiger partial charge is 0.574 e. The van der Waals surface area contributed by atoms with Gasteiger partial charge in [-0.2, -0.15) is 4.98 Å². The molecule has 4 heterocycles. The monoisotopic (exact) mass is 424 g/mol. The Morgan fingerprint density at radius 3 is 2.63 bits per heavy atom. The van der Waals surface area contributed by atoms with E-state index in [1.54, 1.807) is 18.5 Å². The van der Waals surface area contributed by atoms with Crippen molar-refractivity contribution in [2.75, 3.05) is 18.5 Å². The number of fused-ring (bicyclic) bond motifs is 1. The van der Waals surface area contributed by atoms with E-state index in [0.29, 0.717) is 48.5 Å². The van der Waals surface area contributed by atoms with Crippen LogP contribution in [0.5, 0.6) is 5.88 Å². The lowest BCUT2D eigenvalue weighted by Gasteiger charge is -2.22. The van der Waals surface area contributed by atoms with Crippen LogP contribution in [0.15, 0.2) is 23.3 Å². The van der Waals surface area contributed by atoms with E-state index in [9.17, 15) is 18.0 Å². The molecule has 9 nitrogen and oxygen atoms in total. The van der Waals surface area contributed by atoms with E-state index in [0.717, 1.165) is 6.07 Å². The number of nitrogens with one attached hydrogen (secondary N) is 1. The Bertz CT molecular complexity index is 1130. The van der Waals surface area contributed by atoms with Gasteiger partial charge in [0.05, 0.1) is 18.1 Å². The van der Waals surface area contributed by atoms with E-state index < -0.39 is 12.2 Å². The molecule has 0 amide bonds. The van der Waals surface area contributed by atoms with Crippen molar-refractivity contribution in [1.82, 2.24) is 24.1 Å². The van der Waals surface area contributed by atoms with Crippen molar-refractivity contribution >= 4 is 22.8 Å². The number of pyridine rings is 1. The second-order valence-electron chi connectivity index (χ2n) is 6.97. The topological polar surface area (TPSA) is 96.1 Å². The van der Waals surface area contributed by atoms with Crippen LogP contribution < -0.4 is 15.7 Å². The van der Waals surface area contributed by atoms with Gasteiger partial charge in [-0.3, -0.25) is 9.13 Å². The van der Waals surface area contributed by atoms with Crippen molar-refractivity contribution in [2.45, 2.75) is 32.2 Å². The summed E-state index contributed by atoms with van der Waals surface area (Å²) in [4.78, 5) is 25.1. The summed E-state index contributed by atoms with van der Waals surface area (Å²) in [6.07, 6.45) is -0.666. The quantitative estimate of drug-likeness (QED) is 0.688. The summed E-state index contributed by atoms with van der Waals surface area (Å²) in [6.45, 7) is 2.74. The number of ether oxygens (including phenoxy) is 2. The number of aromatic nitrogens is 5. The maximum atomic E-state index is 12.7. The average molecular weight is 424 g/mol. The number of aryl methyl sites for hydroxylation is 2. The lowest BCUT2D eigenvalue weighted by atomic mass is 10.1. The summed E-state index contributed by atoms with van der Waals surface area (Å²) < 4.78 is 49.4. The molecule has 160 valence electrons. The molecule has 1 saturated heterocycles. The smallest absolute Gasteiger partial charge is 0.388 e. The molecule has 1 N–H and O–H groups in total. The Hall–Kier alpha value is -3.15. The Morgan fingerprint density at radius 1 is 1.23 bits per heavy atom. The third-order valence-corrected chi connectivity index (χ3v) is 4.94. The van der Waals surface area contributed by atoms with E-state index in [1.165, 1.54) is 17.0 Å². The highest BCUT2D eigenvalue weighted by Crippen LogP contribution is 2.27. The standard InChI is InChI=1S/C18H19F3N6O3/c1-10-7-14(30-18(19,20)21)22-8-12(10)24-16-23-9-13-15(25-16)27(17(28)26(13)2)11-3-5-29-6-4-11/h7-9,11H,3-6H2,1-2H3,(H,23,24,25). The Morgan fingerprint density at radius 2 is 1.97 bits per heavy atom. The lowest BCUT2D eigenvalue weighted by molar-refractivity contribution is -0.276. The van der Waals surface area contributed by atoms with Gasteiger partial charge in [-0.05, 0) is 25.3 Å². The van der Waals surface area contributed by atoms with Crippen molar-refractivity contribution in [1.29, 1.82) is 0 Å². The fraction of sp³-hybridized carbons (Fsp3) is 0.444. The fourth-order valence-corrected chi connectivity index (χ4v) is 3.42. The first-order valence-electron chi connectivity index (χ1n) is 9.24. The Kier molecular flexibility index (Phi) is 5.10. The summed E-state index contributed by atoms with van der Waals surface area (Å²) in [5, 5.41) is 2.94. The normalized spacial score (nSPS) is 15.5. The lowest BCUT2D eigenvalue weighted by Crippen LogP contribution is -2.30. The molecule has 1 aliphatic heterocycles. The zero-order valence-electron chi connectivity index (χ0n) is 16.2. The van der Waals surface area contributed by atoms with Crippen molar-refractivity contribution in [3.63, 3.8) is 0 Å². The predicted molar refractivity (Wildman–Crippen MR) is 101 cm³/mol. The Balaban J connectivity index is 1.66. The minimum atomic E-state index is -4.82. The van der Waals surface area contributed by atoms with Crippen molar-refractivity contribution in [2.24, 2.45) is 7.05 Å². The first-order chi connectivity index (χ1) is 14.2. The van der Waals surface area contributed by atoms with Gasteiger partial charge in [0.25, 0.3) is 0 Å². The number of halogens is 3. The minimum Gasteiger partial charge on any atom is -0.388 e. The van der Waals surface area contributed by atoms with Crippen LogP contribution in [0.25, 0.3) is 11.2 Å². The van der Waals surface area contributed by atoms with Gasteiger partial charge in [0, 0.05) is 32.4 Å². The summed E-state index contributed by atoms with van der Waals surface area (Å²) in [5.41, 5.74) is 1.76. The molecule has 3 aromatic heterocycles. The molecular weight excluding hydrogens is 405 g/mol. The zero-order valence-corrected chi connectivity index (χ0v) is 16.2. The molecule has 30 heavy (non-hydrogen) atoms. The van der Waals surface area contributed by atoms with E-state index in [1.807, 2.05) is 0 Å². The molecule has 3 aromatic rings. The number of nitrogens with zero attached hydrogens (tertiary/aromatic N) is 5. The third kappa shape index (κ3) is 3.95. The molecule has 0 atom stereocenters. The number of rotatable bonds is 4. The van der Waals surface area contributed by atoms with Crippen LogP contribution in [-0.4, -0.2) is 43.7 Å². The molecule has 0 spiro atoms. The molecule has 0 aromatic carbocycles. The molecule has 0 radical (unpaired) electrons. The summed E-state index contributed by atoms with van der Waals surface area (Å²) in [6, 6.07) is 1.13. The molecular formula is C18H19F3N6O3. The van der Waals surface area contributed by atoms with Gasteiger partial charge < -0.3 is 14.8 Å². The summed E-state index contributed by atoms with van der Waals surface area (Å²) >= 11 is 0. The van der Waals surface area contributed by atoms with E-state index >= 15 is 0 Å². The van der Waals surface area contributed by atoms with Crippen molar-refractivity contribution in [3.05, 3.63) is 34.5 Å². The number of hydrogen-bond acceptors (Lipinski definition) is 7. The van der Waals surface area contributed by atoms with Crippen molar-refractivity contribution < 1.29 is 22.6 Å². The second kappa shape index (κ2) is 7.59. The van der Waals surface area contributed by atoms with Crippen LogP contribution in [0, 0.1) is 6.92 Å². The van der Waals surface area contributed by atoms with Crippen LogP contribution in [0.4, 0.5) is 24.8 Å². The molecule has 0 unspecified atom stereocenters. The maximum Gasteiger partial charge on any atom is 0.574 e.